The molecule has 0 radical (unpaired) electrons. The number of amides is 1. The van der Waals surface area contributed by atoms with Crippen molar-refractivity contribution in [3.63, 3.8) is 0 Å². The number of hydrogen-bond donors (Lipinski definition) is 3. The number of anilines is 2. The smallest absolute Gasteiger partial charge is 0.409 e. The number of nitrogens with one attached hydrogen (secondary N) is 1. The first-order chi connectivity index (χ1) is 5.61. The molecule has 0 aliphatic rings. The van der Waals surface area contributed by atoms with Crippen molar-refractivity contribution in [1.29, 1.82) is 0 Å². The molecule has 0 aromatic heterocycles. The molecule has 0 spiro atoms. The molecule has 1 aromatic rings. The fraction of sp³-hybridized carbons (Fsp3) is 0.125. The predicted molar refractivity (Wildman–Crippen MR) is 47.2 cm³/mol. The van der Waals surface area contributed by atoms with Gasteiger partial charge in [-0.15, -0.1) is 0 Å². The maximum Gasteiger partial charge on any atom is 0.409 e. The molecule has 0 aliphatic heterocycles. The minimum absolute atomic E-state index is 0.530. The number of nitrogens with two attached hydrogens (primary N) is 1. The van der Waals surface area contributed by atoms with Crippen molar-refractivity contribution in [2.75, 3.05) is 11.1 Å². The average molecular weight is 166 g/mol. The Labute approximate surface area is 70.0 Å². The van der Waals surface area contributed by atoms with Crippen molar-refractivity contribution in [2.45, 2.75) is 6.92 Å². The second-order valence-electron chi connectivity index (χ2n) is 2.45. The molecule has 0 aliphatic carbocycles. The highest BCUT2D eigenvalue weighted by molar-refractivity contribution is 5.85. The van der Waals surface area contributed by atoms with Crippen LogP contribution in [0, 0.1) is 6.92 Å². The Balaban J connectivity index is 3.00. The average Bonchev–Trinajstić information content (AvgIpc) is 1.98. The van der Waals surface area contributed by atoms with E-state index in [1.165, 1.54) is 0 Å². The lowest BCUT2D eigenvalue weighted by Gasteiger charge is -2.06. The Hall–Kier alpha value is -1.71. The van der Waals surface area contributed by atoms with E-state index >= 15 is 0 Å². The van der Waals surface area contributed by atoms with Gasteiger partial charge in [0.25, 0.3) is 0 Å². The van der Waals surface area contributed by atoms with Gasteiger partial charge in [-0.1, -0.05) is 6.07 Å². The number of hydrogen-bond acceptors (Lipinski definition) is 2. The molecule has 12 heavy (non-hydrogen) atoms. The maximum absolute atomic E-state index is 10.3. The first kappa shape index (κ1) is 8.39. The molecule has 4 N–H and O–H groups in total. The normalized spacial score (nSPS) is 9.42. The zero-order valence-corrected chi connectivity index (χ0v) is 6.66. The van der Waals surface area contributed by atoms with Crippen LogP contribution in [-0.4, -0.2) is 11.2 Å². The van der Waals surface area contributed by atoms with Crippen molar-refractivity contribution in [1.82, 2.24) is 0 Å². The van der Waals surface area contributed by atoms with E-state index in [1.54, 1.807) is 25.1 Å². The number of carbonyl (C=O) groups is 1. The highest BCUT2D eigenvalue weighted by atomic mass is 16.4. The molecule has 1 rings (SSSR count). The maximum atomic E-state index is 10.3. The molecule has 64 valence electrons. The Kier molecular flexibility index (Phi) is 2.19. The van der Waals surface area contributed by atoms with Crippen LogP contribution < -0.4 is 11.1 Å². The minimum Gasteiger partial charge on any atom is -0.465 e. The van der Waals surface area contributed by atoms with Gasteiger partial charge in [-0.3, -0.25) is 5.32 Å². The third kappa shape index (κ3) is 1.66. The van der Waals surface area contributed by atoms with E-state index in [2.05, 4.69) is 5.32 Å². The van der Waals surface area contributed by atoms with Crippen LogP contribution in [0.3, 0.4) is 0 Å². The Morgan fingerprint density at radius 2 is 2.25 bits per heavy atom. The van der Waals surface area contributed by atoms with Crippen molar-refractivity contribution in [3.8, 4) is 0 Å². The molecule has 0 heterocycles. The Bertz CT molecular complexity index is 310. The van der Waals surface area contributed by atoms with E-state index in [0.29, 0.717) is 11.4 Å². The van der Waals surface area contributed by atoms with Crippen LogP contribution in [0.4, 0.5) is 16.2 Å². The molecule has 1 aromatic carbocycles. The summed E-state index contributed by atoms with van der Waals surface area (Å²) in [5.74, 6) is 0. The Morgan fingerprint density at radius 3 is 2.83 bits per heavy atom. The number of nitrogen functional groups attached to an aromatic ring is 1. The molecular weight excluding hydrogens is 156 g/mol. The van der Waals surface area contributed by atoms with Crippen LogP contribution >= 0.6 is 0 Å². The van der Waals surface area contributed by atoms with Gasteiger partial charge in [-0.25, -0.2) is 4.79 Å². The van der Waals surface area contributed by atoms with Crippen LogP contribution in [0.25, 0.3) is 0 Å². The molecule has 4 nitrogen and oxygen atoms in total. The minimum atomic E-state index is -1.08. The second-order valence-corrected chi connectivity index (χ2v) is 2.45. The third-order valence-corrected chi connectivity index (χ3v) is 1.62. The van der Waals surface area contributed by atoms with E-state index in [-0.39, 0.29) is 0 Å². The van der Waals surface area contributed by atoms with Crippen LogP contribution in [0.5, 0.6) is 0 Å². The lowest BCUT2D eigenvalue weighted by atomic mass is 10.1. The predicted octanol–water partition coefficient (Wildman–Crippen LogP) is 1.67. The summed E-state index contributed by atoms with van der Waals surface area (Å²) in [6, 6.07) is 5.09. The quantitative estimate of drug-likeness (QED) is 0.555. The molecule has 0 bridgehead atoms. The van der Waals surface area contributed by atoms with E-state index in [4.69, 9.17) is 10.8 Å². The van der Waals surface area contributed by atoms with E-state index in [0.717, 1.165) is 5.56 Å². The summed E-state index contributed by atoms with van der Waals surface area (Å²) < 4.78 is 0. The lowest BCUT2D eigenvalue weighted by molar-refractivity contribution is 0.209. The topological polar surface area (TPSA) is 75.3 Å². The van der Waals surface area contributed by atoms with Crippen LogP contribution in [0.15, 0.2) is 18.2 Å². The lowest BCUT2D eigenvalue weighted by Crippen LogP contribution is -2.09. The van der Waals surface area contributed by atoms with E-state index in [1.807, 2.05) is 0 Å². The van der Waals surface area contributed by atoms with Crippen molar-refractivity contribution < 1.29 is 9.90 Å². The van der Waals surface area contributed by atoms with Crippen LogP contribution in [-0.2, 0) is 0 Å². The van der Waals surface area contributed by atoms with Gasteiger partial charge in [0.1, 0.15) is 0 Å². The molecule has 1 amide bonds. The first-order valence-corrected chi connectivity index (χ1v) is 3.46. The standard InChI is InChI=1S/C8H10N2O2/c1-5-6(9)3-2-4-7(5)10-8(11)12/h2-4,10H,9H2,1H3,(H,11,12). The van der Waals surface area contributed by atoms with E-state index < -0.39 is 6.09 Å². The highest BCUT2D eigenvalue weighted by Gasteiger charge is 2.02. The molecule has 0 atom stereocenters. The molecule has 0 unspecified atom stereocenters. The van der Waals surface area contributed by atoms with Crippen LogP contribution in [0.1, 0.15) is 5.56 Å². The third-order valence-electron chi connectivity index (χ3n) is 1.62. The largest absolute Gasteiger partial charge is 0.465 e. The van der Waals surface area contributed by atoms with Gasteiger partial charge < -0.3 is 10.8 Å². The summed E-state index contributed by atoms with van der Waals surface area (Å²) in [6.07, 6.45) is -1.08. The number of rotatable bonds is 1. The summed E-state index contributed by atoms with van der Waals surface area (Å²) in [5.41, 5.74) is 7.43. The first-order valence-electron chi connectivity index (χ1n) is 3.46. The van der Waals surface area contributed by atoms with E-state index in [9.17, 15) is 4.79 Å². The fourth-order valence-corrected chi connectivity index (χ4v) is 0.904. The zero-order chi connectivity index (χ0) is 9.14. The number of benzene rings is 1. The van der Waals surface area contributed by atoms with Gasteiger partial charge in [0.2, 0.25) is 0 Å². The summed E-state index contributed by atoms with van der Waals surface area (Å²) in [4.78, 5) is 10.3. The SMILES string of the molecule is Cc1c(N)cccc1NC(=O)O. The summed E-state index contributed by atoms with van der Waals surface area (Å²) >= 11 is 0. The summed E-state index contributed by atoms with van der Waals surface area (Å²) in [6.45, 7) is 1.76. The summed E-state index contributed by atoms with van der Waals surface area (Å²) in [5, 5.41) is 10.7. The van der Waals surface area contributed by atoms with Crippen molar-refractivity contribution in [3.05, 3.63) is 23.8 Å². The van der Waals surface area contributed by atoms with Crippen LogP contribution in [0.2, 0.25) is 0 Å². The molecule has 4 heteroatoms. The van der Waals surface area contributed by atoms with Gasteiger partial charge in [-0.05, 0) is 24.6 Å². The molecule has 0 saturated carbocycles. The van der Waals surface area contributed by atoms with Crippen molar-refractivity contribution in [2.24, 2.45) is 0 Å². The van der Waals surface area contributed by atoms with Gasteiger partial charge in [0, 0.05) is 11.4 Å². The number of carboxylic acid groups (broad SMARTS) is 1. The summed E-state index contributed by atoms with van der Waals surface area (Å²) in [7, 11) is 0. The zero-order valence-electron chi connectivity index (χ0n) is 6.66. The monoisotopic (exact) mass is 166 g/mol. The molecule has 0 saturated heterocycles. The molecular formula is C8H10N2O2. The Morgan fingerprint density at radius 1 is 1.58 bits per heavy atom. The second kappa shape index (κ2) is 3.13. The van der Waals surface area contributed by atoms with Crippen molar-refractivity contribution >= 4 is 17.5 Å². The molecule has 0 fully saturated rings. The van der Waals surface area contributed by atoms with Gasteiger partial charge in [0.05, 0.1) is 0 Å². The fourth-order valence-electron chi connectivity index (χ4n) is 0.904. The highest BCUT2D eigenvalue weighted by Crippen LogP contribution is 2.19. The van der Waals surface area contributed by atoms with Gasteiger partial charge in [-0.2, -0.15) is 0 Å². The van der Waals surface area contributed by atoms with Gasteiger partial charge >= 0.3 is 6.09 Å². The van der Waals surface area contributed by atoms with Gasteiger partial charge in [0.15, 0.2) is 0 Å².